The van der Waals surface area contributed by atoms with Crippen molar-refractivity contribution in [2.24, 2.45) is 0 Å². The van der Waals surface area contributed by atoms with Gasteiger partial charge in [-0.15, -0.1) is 0 Å². The molecule has 1 N–H and O–H groups in total. The summed E-state index contributed by atoms with van der Waals surface area (Å²) >= 11 is 5.70. The van der Waals surface area contributed by atoms with Gasteiger partial charge in [-0.25, -0.2) is 5.11 Å². The molecule has 0 amide bonds. The minimum atomic E-state index is -0.0272. The van der Waals surface area contributed by atoms with E-state index < -0.39 is 0 Å². The minimum Gasteiger partial charge on any atom is -0.385 e. The van der Waals surface area contributed by atoms with Crippen LogP contribution in [0.15, 0.2) is 24.3 Å². The monoisotopic (exact) mass is 184 g/mol. The highest BCUT2D eigenvalue weighted by atomic mass is 35.5. The number of hydrogen-bond donors (Lipinski definition) is 1. The van der Waals surface area contributed by atoms with Gasteiger partial charge in [0.05, 0.1) is 6.61 Å². The first-order valence-electron chi connectivity index (χ1n) is 3.90. The van der Waals surface area contributed by atoms with Gasteiger partial charge < -0.3 is 5.32 Å². The first-order chi connectivity index (χ1) is 5.83. The Morgan fingerprint density at radius 1 is 1.25 bits per heavy atom. The second-order valence-corrected chi connectivity index (χ2v) is 2.93. The largest absolute Gasteiger partial charge is 0.385 e. The summed E-state index contributed by atoms with van der Waals surface area (Å²) in [5.41, 5.74) is 1.01. The van der Waals surface area contributed by atoms with Crippen molar-refractivity contribution in [2.45, 2.75) is 6.42 Å². The number of rotatable bonds is 4. The maximum absolute atomic E-state index is 10.1. The van der Waals surface area contributed by atoms with Gasteiger partial charge in [0.2, 0.25) is 0 Å². The van der Waals surface area contributed by atoms with E-state index in [4.69, 9.17) is 11.6 Å². The zero-order valence-electron chi connectivity index (χ0n) is 6.72. The molecule has 2 nitrogen and oxygen atoms in total. The summed E-state index contributed by atoms with van der Waals surface area (Å²) in [6.45, 7) is 0.700. The molecule has 1 aromatic rings. The van der Waals surface area contributed by atoms with E-state index in [1.807, 2.05) is 24.3 Å². The molecule has 0 heterocycles. The van der Waals surface area contributed by atoms with Crippen LogP contribution < -0.4 is 5.32 Å². The van der Waals surface area contributed by atoms with E-state index in [2.05, 4.69) is 5.32 Å². The Morgan fingerprint density at radius 3 is 2.50 bits per heavy atom. The predicted octanol–water partition coefficient (Wildman–Crippen LogP) is 2.57. The van der Waals surface area contributed by atoms with Crippen LogP contribution in [0.2, 0.25) is 5.02 Å². The van der Waals surface area contributed by atoms with Crippen molar-refractivity contribution >= 4 is 17.3 Å². The molecule has 0 aromatic heterocycles. The summed E-state index contributed by atoms with van der Waals surface area (Å²) < 4.78 is 0. The van der Waals surface area contributed by atoms with Gasteiger partial charge in [0.15, 0.2) is 0 Å². The number of nitrogens with one attached hydrogen (secondary N) is 1. The molecule has 1 rings (SSSR count). The van der Waals surface area contributed by atoms with Crippen molar-refractivity contribution in [3.8, 4) is 0 Å². The molecule has 0 aliphatic carbocycles. The molecule has 0 saturated carbocycles. The summed E-state index contributed by atoms with van der Waals surface area (Å²) in [5.74, 6) is 0. The Bertz CT molecular complexity index is 222. The van der Waals surface area contributed by atoms with Gasteiger partial charge >= 0.3 is 0 Å². The summed E-state index contributed by atoms with van der Waals surface area (Å²) in [7, 11) is 0. The van der Waals surface area contributed by atoms with Crippen molar-refractivity contribution in [3.05, 3.63) is 29.3 Å². The van der Waals surface area contributed by atoms with E-state index in [0.717, 1.165) is 17.3 Å². The van der Waals surface area contributed by atoms with Crippen LogP contribution in [-0.4, -0.2) is 13.2 Å². The van der Waals surface area contributed by atoms with Gasteiger partial charge in [0.1, 0.15) is 0 Å². The van der Waals surface area contributed by atoms with Crippen LogP contribution in [0, 0.1) is 0 Å². The van der Waals surface area contributed by atoms with E-state index in [0.29, 0.717) is 6.42 Å². The molecule has 1 radical (unpaired) electrons. The van der Waals surface area contributed by atoms with Crippen LogP contribution in [0.4, 0.5) is 5.69 Å². The minimum absolute atomic E-state index is 0.0272. The lowest BCUT2D eigenvalue weighted by molar-refractivity contribution is 0.192. The van der Waals surface area contributed by atoms with Crippen molar-refractivity contribution < 1.29 is 5.11 Å². The zero-order valence-corrected chi connectivity index (χ0v) is 7.47. The number of benzene rings is 1. The molecular weight excluding hydrogens is 174 g/mol. The third-order valence-corrected chi connectivity index (χ3v) is 1.75. The lowest BCUT2D eigenvalue weighted by atomic mass is 10.3. The fraction of sp³-hybridized carbons (Fsp3) is 0.333. The second kappa shape index (κ2) is 5.01. The van der Waals surface area contributed by atoms with Gasteiger partial charge in [-0.3, -0.25) is 0 Å². The molecule has 0 aliphatic heterocycles. The quantitative estimate of drug-likeness (QED) is 0.717. The normalized spacial score (nSPS) is 9.83. The second-order valence-electron chi connectivity index (χ2n) is 2.49. The number of anilines is 1. The highest BCUT2D eigenvalue weighted by molar-refractivity contribution is 6.30. The first-order valence-corrected chi connectivity index (χ1v) is 4.28. The Kier molecular flexibility index (Phi) is 3.91. The molecular formula is C9H11ClNO. The van der Waals surface area contributed by atoms with Crippen molar-refractivity contribution in [1.82, 2.24) is 0 Å². The van der Waals surface area contributed by atoms with Crippen LogP contribution >= 0.6 is 11.6 Å². The van der Waals surface area contributed by atoms with Crippen LogP contribution in [0.3, 0.4) is 0 Å². The number of halogens is 1. The molecule has 0 fully saturated rings. The van der Waals surface area contributed by atoms with Gasteiger partial charge in [-0.05, 0) is 30.7 Å². The predicted molar refractivity (Wildman–Crippen MR) is 50.1 cm³/mol. The SMILES string of the molecule is [O]CCCNc1ccc(Cl)cc1. The van der Waals surface area contributed by atoms with Crippen LogP contribution in [0.5, 0.6) is 0 Å². The molecule has 0 saturated heterocycles. The Labute approximate surface area is 77.2 Å². The number of hydrogen-bond acceptors (Lipinski definition) is 1. The molecule has 0 atom stereocenters. The van der Waals surface area contributed by atoms with Crippen molar-refractivity contribution in [1.29, 1.82) is 0 Å². The van der Waals surface area contributed by atoms with E-state index in [1.54, 1.807) is 0 Å². The Morgan fingerprint density at radius 2 is 1.92 bits per heavy atom. The van der Waals surface area contributed by atoms with Crippen molar-refractivity contribution in [2.75, 3.05) is 18.5 Å². The Balaban J connectivity index is 2.37. The average molecular weight is 185 g/mol. The lowest BCUT2D eigenvalue weighted by Crippen LogP contribution is -2.02. The molecule has 12 heavy (non-hydrogen) atoms. The summed E-state index contributed by atoms with van der Waals surface area (Å²) in [4.78, 5) is 0. The Hall–Kier alpha value is -0.730. The van der Waals surface area contributed by atoms with Crippen LogP contribution in [0.1, 0.15) is 6.42 Å². The molecule has 1 aromatic carbocycles. The van der Waals surface area contributed by atoms with Crippen LogP contribution in [0.25, 0.3) is 0 Å². The van der Waals surface area contributed by atoms with Crippen molar-refractivity contribution in [3.63, 3.8) is 0 Å². The molecule has 0 aliphatic rings. The van der Waals surface area contributed by atoms with E-state index in [-0.39, 0.29) is 6.61 Å². The summed E-state index contributed by atoms with van der Waals surface area (Å²) in [5, 5.41) is 14.0. The maximum Gasteiger partial charge on any atom is 0.0839 e. The topological polar surface area (TPSA) is 31.9 Å². The smallest absolute Gasteiger partial charge is 0.0839 e. The summed E-state index contributed by atoms with van der Waals surface area (Å²) in [6.07, 6.45) is 0.655. The lowest BCUT2D eigenvalue weighted by Gasteiger charge is -2.03. The fourth-order valence-electron chi connectivity index (χ4n) is 0.873. The molecule has 65 valence electrons. The van der Waals surface area contributed by atoms with Crippen LogP contribution in [-0.2, 0) is 5.11 Å². The maximum atomic E-state index is 10.1. The van der Waals surface area contributed by atoms with E-state index in [1.165, 1.54) is 0 Å². The third-order valence-electron chi connectivity index (χ3n) is 1.49. The van der Waals surface area contributed by atoms with Gasteiger partial charge in [0, 0.05) is 17.3 Å². The molecule has 3 heteroatoms. The van der Waals surface area contributed by atoms with Gasteiger partial charge in [-0.1, -0.05) is 11.6 Å². The standard InChI is InChI=1S/C9H11ClNO/c10-8-2-4-9(5-3-8)11-6-1-7-12/h2-5,11H,1,6-7H2. The van der Waals surface area contributed by atoms with Gasteiger partial charge in [0.25, 0.3) is 0 Å². The highest BCUT2D eigenvalue weighted by Crippen LogP contribution is 2.12. The van der Waals surface area contributed by atoms with E-state index in [9.17, 15) is 5.11 Å². The average Bonchev–Trinajstić information content (AvgIpc) is 2.09. The molecule has 0 unspecified atom stereocenters. The first kappa shape index (κ1) is 9.36. The summed E-state index contributed by atoms with van der Waals surface area (Å²) in [6, 6.07) is 7.43. The molecule has 0 spiro atoms. The zero-order chi connectivity index (χ0) is 8.81. The van der Waals surface area contributed by atoms with E-state index >= 15 is 0 Å². The highest BCUT2D eigenvalue weighted by Gasteiger charge is 1.90. The van der Waals surface area contributed by atoms with Gasteiger partial charge in [-0.2, -0.15) is 0 Å². The molecule has 0 bridgehead atoms. The fourth-order valence-corrected chi connectivity index (χ4v) is 0.999. The third kappa shape index (κ3) is 3.11.